The van der Waals surface area contributed by atoms with Gasteiger partial charge in [-0.15, -0.1) is 0 Å². The van der Waals surface area contributed by atoms with Gasteiger partial charge in [0.15, 0.2) is 5.69 Å². The Hall–Kier alpha value is -2.68. The lowest BCUT2D eigenvalue weighted by Gasteiger charge is -2.30. The summed E-state index contributed by atoms with van der Waals surface area (Å²) in [6, 6.07) is 6.10. The number of rotatable bonds is 2. The van der Waals surface area contributed by atoms with E-state index in [9.17, 15) is 14.4 Å². The highest BCUT2D eigenvalue weighted by Gasteiger charge is 2.35. The third-order valence-corrected chi connectivity index (χ3v) is 2.94. The summed E-state index contributed by atoms with van der Waals surface area (Å²) in [5.74, 6) is -1.04. The van der Waals surface area contributed by atoms with Gasteiger partial charge in [0.1, 0.15) is 6.42 Å². The molecule has 0 N–H and O–H groups in total. The Balaban J connectivity index is 2.28. The first-order chi connectivity index (χ1) is 9.04. The molecule has 0 atom stereocenters. The Morgan fingerprint density at radius 1 is 1.21 bits per heavy atom. The Morgan fingerprint density at radius 2 is 1.89 bits per heavy atom. The molecule has 6 heteroatoms. The van der Waals surface area contributed by atoms with Crippen molar-refractivity contribution < 1.29 is 14.4 Å². The first-order valence-corrected chi connectivity index (χ1v) is 5.61. The minimum Gasteiger partial charge on any atom is -0.274 e. The summed E-state index contributed by atoms with van der Waals surface area (Å²) in [6.45, 7) is 7.05. The van der Waals surface area contributed by atoms with Gasteiger partial charge < -0.3 is 0 Å². The van der Waals surface area contributed by atoms with Crippen LogP contribution in [0.5, 0.6) is 0 Å². The summed E-state index contributed by atoms with van der Waals surface area (Å²) in [5.41, 5.74) is 0.976. The smallest absolute Gasteiger partial charge is 0.274 e. The number of imide groups is 2. The van der Waals surface area contributed by atoms with Gasteiger partial charge in [-0.05, 0) is 5.56 Å². The molecular formula is C13H11N3O3. The van der Waals surface area contributed by atoms with Crippen LogP contribution in [-0.4, -0.2) is 34.7 Å². The maximum absolute atomic E-state index is 11.9. The Kier molecular flexibility index (Phi) is 3.29. The van der Waals surface area contributed by atoms with E-state index < -0.39 is 17.8 Å². The van der Waals surface area contributed by atoms with Gasteiger partial charge in [0.2, 0.25) is 11.8 Å². The molecule has 4 amide bonds. The second-order valence-corrected chi connectivity index (χ2v) is 4.13. The third kappa shape index (κ3) is 2.31. The van der Waals surface area contributed by atoms with E-state index in [1.807, 2.05) is 0 Å². The number of hydrogen-bond acceptors (Lipinski definition) is 3. The van der Waals surface area contributed by atoms with Crippen LogP contribution in [0, 0.1) is 6.57 Å². The molecule has 0 spiro atoms. The van der Waals surface area contributed by atoms with Crippen LogP contribution in [0.4, 0.5) is 10.5 Å². The second kappa shape index (κ2) is 4.90. The number of amides is 4. The zero-order valence-electron chi connectivity index (χ0n) is 10.3. The normalized spacial score (nSPS) is 15.7. The summed E-state index contributed by atoms with van der Waals surface area (Å²) in [4.78, 5) is 40.2. The molecule has 0 radical (unpaired) electrons. The Bertz CT molecular complexity index is 603. The minimum absolute atomic E-state index is 0.00778. The predicted octanol–water partition coefficient (Wildman–Crippen LogP) is 1.55. The first kappa shape index (κ1) is 12.8. The maximum Gasteiger partial charge on any atom is 0.333 e. The third-order valence-electron chi connectivity index (χ3n) is 2.94. The molecule has 96 valence electrons. The van der Waals surface area contributed by atoms with Crippen LogP contribution in [0.25, 0.3) is 4.85 Å². The van der Waals surface area contributed by atoms with Crippen molar-refractivity contribution >= 4 is 23.5 Å². The standard InChI is InChI=1S/C13H11N3O3/c1-14-10-6-4-3-5-9(10)8-16-12(18)7-11(17)15(2)13(16)19/h3-6H,7-8H2,2H3. The molecule has 1 fully saturated rings. The molecule has 1 aliphatic rings. The summed E-state index contributed by atoms with van der Waals surface area (Å²) in [7, 11) is 1.34. The van der Waals surface area contributed by atoms with Crippen molar-refractivity contribution in [2.45, 2.75) is 13.0 Å². The highest BCUT2D eigenvalue weighted by molar-refractivity contribution is 6.13. The fourth-order valence-electron chi connectivity index (χ4n) is 1.82. The molecule has 2 rings (SSSR count). The van der Waals surface area contributed by atoms with Gasteiger partial charge in [0, 0.05) is 13.6 Å². The number of para-hydroxylation sites is 1. The van der Waals surface area contributed by atoms with Crippen molar-refractivity contribution in [2.75, 3.05) is 7.05 Å². The topological polar surface area (TPSA) is 62.1 Å². The van der Waals surface area contributed by atoms with Crippen LogP contribution < -0.4 is 0 Å². The summed E-state index contributed by atoms with van der Waals surface area (Å²) in [5, 5.41) is 0. The predicted molar refractivity (Wildman–Crippen MR) is 66.0 cm³/mol. The minimum atomic E-state index is -0.652. The van der Waals surface area contributed by atoms with Crippen molar-refractivity contribution in [1.82, 2.24) is 9.80 Å². The van der Waals surface area contributed by atoms with Gasteiger partial charge in [0.25, 0.3) is 0 Å². The summed E-state index contributed by atoms with van der Waals surface area (Å²) in [6.07, 6.45) is -0.317. The lowest BCUT2D eigenvalue weighted by Crippen LogP contribution is -2.52. The van der Waals surface area contributed by atoms with Crippen LogP contribution in [0.15, 0.2) is 24.3 Å². The molecular weight excluding hydrogens is 246 g/mol. The Labute approximate surface area is 110 Å². The van der Waals surface area contributed by atoms with E-state index in [4.69, 9.17) is 6.57 Å². The molecule has 1 heterocycles. The molecule has 0 saturated carbocycles. The van der Waals surface area contributed by atoms with E-state index in [1.165, 1.54) is 7.05 Å². The SMILES string of the molecule is [C-]#[N+]c1ccccc1CN1C(=O)CC(=O)N(C)C1=O. The van der Waals surface area contributed by atoms with Crippen LogP contribution in [0.3, 0.4) is 0 Å². The number of urea groups is 1. The van der Waals surface area contributed by atoms with Crippen molar-refractivity contribution in [3.63, 3.8) is 0 Å². The van der Waals surface area contributed by atoms with Crippen molar-refractivity contribution in [3.8, 4) is 0 Å². The van der Waals surface area contributed by atoms with Crippen molar-refractivity contribution in [3.05, 3.63) is 41.2 Å². The molecule has 0 aromatic heterocycles. The number of nitrogens with zero attached hydrogens (tertiary/aromatic N) is 3. The lowest BCUT2D eigenvalue weighted by atomic mass is 10.1. The van der Waals surface area contributed by atoms with Crippen LogP contribution in [-0.2, 0) is 16.1 Å². The zero-order valence-corrected chi connectivity index (χ0v) is 10.3. The van der Waals surface area contributed by atoms with E-state index in [0.717, 1.165) is 9.80 Å². The second-order valence-electron chi connectivity index (χ2n) is 4.13. The average Bonchev–Trinajstić information content (AvgIpc) is 2.41. The fourth-order valence-corrected chi connectivity index (χ4v) is 1.82. The van der Waals surface area contributed by atoms with Gasteiger partial charge in [0.05, 0.1) is 6.57 Å². The van der Waals surface area contributed by atoms with Gasteiger partial charge >= 0.3 is 6.03 Å². The quantitative estimate of drug-likeness (QED) is 0.596. The molecule has 1 saturated heterocycles. The van der Waals surface area contributed by atoms with Crippen LogP contribution in [0.1, 0.15) is 12.0 Å². The molecule has 0 aliphatic carbocycles. The van der Waals surface area contributed by atoms with E-state index in [2.05, 4.69) is 4.85 Å². The monoisotopic (exact) mass is 257 g/mol. The zero-order chi connectivity index (χ0) is 14.0. The average molecular weight is 257 g/mol. The number of barbiturate groups is 1. The molecule has 0 unspecified atom stereocenters. The van der Waals surface area contributed by atoms with E-state index >= 15 is 0 Å². The number of benzene rings is 1. The maximum atomic E-state index is 11.9. The molecule has 1 aromatic rings. The van der Waals surface area contributed by atoms with Gasteiger partial charge in [-0.25, -0.2) is 9.64 Å². The number of hydrogen-bond donors (Lipinski definition) is 0. The number of carbonyl (C=O) groups excluding carboxylic acids is 3. The first-order valence-electron chi connectivity index (χ1n) is 5.61. The van der Waals surface area contributed by atoms with Crippen LogP contribution in [0.2, 0.25) is 0 Å². The Morgan fingerprint density at radius 3 is 2.58 bits per heavy atom. The highest BCUT2D eigenvalue weighted by atomic mass is 16.2. The van der Waals surface area contributed by atoms with E-state index in [1.54, 1.807) is 24.3 Å². The summed E-state index contributed by atoms with van der Waals surface area (Å²) >= 11 is 0. The largest absolute Gasteiger partial charge is 0.333 e. The summed E-state index contributed by atoms with van der Waals surface area (Å²) < 4.78 is 0. The molecule has 6 nitrogen and oxygen atoms in total. The molecule has 0 bridgehead atoms. The number of carbonyl (C=O) groups is 3. The van der Waals surface area contributed by atoms with Gasteiger partial charge in [-0.3, -0.25) is 19.4 Å². The van der Waals surface area contributed by atoms with Crippen molar-refractivity contribution in [1.29, 1.82) is 0 Å². The van der Waals surface area contributed by atoms with E-state index in [-0.39, 0.29) is 13.0 Å². The van der Waals surface area contributed by atoms with Gasteiger partial charge in [-0.2, -0.15) is 0 Å². The lowest BCUT2D eigenvalue weighted by molar-refractivity contribution is -0.142. The van der Waals surface area contributed by atoms with E-state index in [0.29, 0.717) is 11.3 Å². The highest BCUT2D eigenvalue weighted by Crippen LogP contribution is 2.22. The van der Waals surface area contributed by atoms with Gasteiger partial charge in [-0.1, -0.05) is 24.3 Å². The van der Waals surface area contributed by atoms with Crippen molar-refractivity contribution in [2.24, 2.45) is 0 Å². The molecule has 1 aliphatic heterocycles. The van der Waals surface area contributed by atoms with Crippen LogP contribution >= 0.6 is 0 Å². The fraction of sp³-hybridized carbons (Fsp3) is 0.231. The molecule has 19 heavy (non-hydrogen) atoms. The molecule has 1 aromatic carbocycles.